The number of non-ortho nitro benzene ring substituents is 1. The Labute approximate surface area is 189 Å². The minimum absolute atomic E-state index is 0.0915. The van der Waals surface area contributed by atoms with E-state index in [9.17, 15) is 19.7 Å². The van der Waals surface area contributed by atoms with Crippen molar-refractivity contribution in [3.8, 4) is 0 Å². The SMILES string of the molecule is Cc1cc(C)cc(NC2=C(c3ccc([N+](=O)[O-])cc3)C(=O)N(c3cccc(Cl)c3)C2=O)c1. The minimum Gasteiger partial charge on any atom is -0.350 e. The molecule has 3 aromatic carbocycles. The number of imide groups is 1. The number of carbonyl (C=O) groups is 2. The molecule has 1 aliphatic rings. The van der Waals surface area contributed by atoms with Gasteiger partial charge in [-0.2, -0.15) is 0 Å². The fourth-order valence-electron chi connectivity index (χ4n) is 3.70. The summed E-state index contributed by atoms with van der Waals surface area (Å²) < 4.78 is 0. The van der Waals surface area contributed by atoms with Gasteiger partial charge in [0.2, 0.25) is 0 Å². The zero-order valence-corrected chi connectivity index (χ0v) is 18.0. The maximum Gasteiger partial charge on any atom is 0.282 e. The summed E-state index contributed by atoms with van der Waals surface area (Å²) in [6.07, 6.45) is 0. The molecule has 160 valence electrons. The van der Waals surface area contributed by atoms with Crippen LogP contribution < -0.4 is 10.2 Å². The van der Waals surface area contributed by atoms with Gasteiger partial charge < -0.3 is 5.32 Å². The van der Waals surface area contributed by atoms with E-state index in [-0.39, 0.29) is 17.0 Å². The number of halogens is 1. The molecule has 3 aromatic rings. The number of amides is 2. The van der Waals surface area contributed by atoms with Crippen molar-refractivity contribution in [2.75, 3.05) is 10.2 Å². The fourth-order valence-corrected chi connectivity index (χ4v) is 3.89. The zero-order valence-electron chi connectivity index (χ0n) is 17.3. The van der Waals surface area contributed by atoms with Gasteiger partial charge in [0.05, 0.1) is 16.2 Å². The highest BCUT2D eigenvalue weighted by atomic mass is 35.5. The van der Waals surface area contributed by atoms with Crippen LogP contribution in [0, 0.1) is 24.0 Å². The Balaban J connectivity index is 1.84. The lowest BCUT2D eigenvalue weighted by Gasteiger charge is -2.16. The first-order valence-electron chi connectivity index (χ1n) is 9.73. The third kappa shape index (κ3) is 3.98. The summed E-state index contributed by atoms with van der Waals surface area (Å²) in [6.45, 7) is 3.87. The van der Waals surface area contributed by atoms with Crippen LogP contribution in [0.25, 0.3) is 5.57 Å². The van der Waals surface area contributed by atoms with Crippen LogP contribution in [0.3, 0.4) is 0 Å². The van der Waals surface area contributed by atoms with E-state index in [1.165, 1.54) is 30.3 Å². The van der Waals surface area contributed by atoms with E-state index in [0.29, 0.717) is 22.0 Å². The third-order valence-corrected chi connectivity index (χ3v) is 5.24. The lowest BCUT2D eigenvalue weighted by Crippen LogP contribution is -2.32. The number of hydrogen-bond donors (Lipinski definition) is 1. The van der Waals surface area contributed by atoms with E-state index in [4.69, 9.17) is 11.6 Å². The van der Waals surface area contributed by atoms with Crippen LogP contribution in [-0.4, -0.2) is 16.7 Å². The van der Waals surface area contributed by atoms with Gasteiger partial charge in [0, 0.05) is 22.8 Å². The summed E-state index contributed by atoms with van der Waals surface area (Å²) in [5, 5.41) is 14.5. The first-order chi connectivity index (χ1) is 15.2. The molecule has 7 nitrogen and oxygen atoms in total. The van der Waals surface area contributed by atoms with Crippen LogP contribution in [0.15, 0.2) is 72.4 Å². The summed E-state index contributed by atoms with van der Waals surface area (Å²) in [7, 11) is 0. The van der Waals surface area contributed by atoms with Crippen LogP contribution in [0.5, 0.6) is 0 Å². The second-order valence-corrected chi connectivity index (χ2v) is 7.92. The van der Waals surface area contributed by atoms with Crippen molar-refractivity contribution in [2.45, 2.75) is 13.8 Å². The molecule has 0 aromatic heterocycles. The number of rotatable bonds is 5. The predicted octanol–water partition coefficient (Wildman–Crippen LogP) is 5.26. The molecule has 0 spiro atoms. The van der Waals surface area contributed by atoms with Crippen LogP contribution in [0.1, 0.15) is 16.7 Å². The van der Waals surface area contributed by atoms with Gasteiger partial charge in [-0.3, -0.25) is 19.7 Å². The maximum absolute atomic E-state index is 13.4. The number of benzene rings is 3. The summed E-state index contributed by atoms with van der Waals surface area (Å²) in [5.41, 5.74) is 3.49. The number of aryl methyl sites for hydroxylation is 2. The largest absolute Gasteiger partial charge is 0.350 e. The van der Waals surface area contributed by atoms with Gasteiger partial charge in [-0.25, -0.2) is 4.90 Å². The molecule has 2 amide bonds. The molecule has 1 N–H and O–H groups in total. The molecule has 0 atom stereocenters. The fraction of sp³-hybridized carbons (Fsp3) is 0.0833. The Hall–Kier alpha value is -3.97. The number of nitrogens with one attached hydrogen (secondary N) is 1. The van der Waals surface area contributed by atoms with Crippen molar-refractivity contribution in [1.29, 1.82) is 0 Å². The third-order valence-electron chi connectivity index (χ3n) is 5.01. The molecule has 0 fully saturated rings. The number of nitro benzene ring substituents is 1. The van der Waals surface area contributed by atoms with Gasteiger partial charge in [-0.15, -0.1) is 0 Å². The van der Waals surface area contributed by atoms with E-state index < -0.39 is 16.7 Å². The molecule has 0 radical (unpaired) electrons. The Morgan fingerprint density at radius 2 is 1.56 bits per heavy atom. The van der Waals surface area contributed by atoms with Gasteiger partial charge in [-0.05, 0) is 73.0 Å². The van der Waals surface area contributed by atoms with Crippen molar-refractivity contribution in [1.82, 2.24) is 0 Å². The molecule has 0 saturated heterocycles. The van der Waals surface area contributed by atoms with Gasteiger partial charge in [0.15, 0.2) is 0 Å². The summed E-state index contributed by atoms with van der Waals surface area (Å²) in [5.74, 6) is -1.08. The van der Waals surface area contributed by atoms with Crippen molar-refractivity contribution in [2.24, 2.45) is 0 Å². The smallest absolute Gasteiger partial charge is 0.282 e. The van der Waals surface area contributed by atoms with Crippen LogP contribution >= 0.6 is 11.6 Å². The van der Waals surface area contributed by atoms with Crippen LogP contribution in [0.4, 0.5) is 17.1 Å². The Morgan fingerprint density at radius 1 is 0.906 bits per heavy atom. The normalized spacial score (nSPS) is 13.7. The molecule has 8 heteroatoms. The molecule has 1 aliphatic heterocycles. The predicted molar refractivity (Wildman–Crippen MR) is 124 cm³/mol. The average molecular weight is 448 g/mol. The number of anilines is 2. The van der Waals surface area contributed by atoms with Crippen molar-refractivity contribution >= 4 is 46.1 Å². The summed E-state index contributed by atoms with van der Waals surface area (Å²) >= 11 is 6.08. The lowest BCUT2D eigenvalue weighted by atomic mass is 10.0. The van der Waals surface area contributed by atoms with Gasteiger partial charge in [0.1, 0.15) is 5.70 Å². The van der Waals surface area contributed by atoms with Crippen molar-refractivity contribution in [3.05, 3.63) is 104 Å². The van der Waals surface area contributed by atoms with Crippen molar-refractivity contribution in [3.63, 3.8) is 0 Å². The minimum atomic E-state index is -0.544. The molecule has 0 bridgehead atoms. The monoisotopic (exact) mass is 447 g/mol. The molecular formula is C24H18ClN3O4. The first kappa shape index (κ1) is 21.3. The molecular weight excluding hydrogens is 430 g/mol. The topological polar surface area (TPSA) is 92.6 Å². The summed E-state index contributed by atoms with van der Waals surface area (Å²) in [4.78, 5) is 38.4. The second-order valence-electron chi connectivity index (χ2n) is 7.48. The zero-order chi connectivity index (χ0) is 23.0. The first-order valence-corrected chi connectivity index (χ1v) is 10.1. The molecule has 0 unspecified atom stereocenters. The van der Waals surface area contributed by atoms with E-state index in [1.807, 2.05) is 32.0 Å². The van der Waals surface area contributed by atoms with E-state index >= 15 is 0 Å². The highest BCUT2D eigenvalue weighted by Crippen LogP contribution is 2.35. The van der Waals surface area contributed by atoms with Crippen LogP contribution in [-0.2, 0) is 9.59 Å². The Kier molecular flexibility index (Phi) is 5.50. The van der Waals surface area contributed by atoms with Gasteiger partial charge in [0.25, 0.3) is 17.5 Å². The van der Waals surface area contributed by atoms with Gasteiger partial charge >= 0.3 is 0 Å². The highest BCUT2D eigenvalue weighted by molar-refractivity contribution is 6.46. The quantitative estimate of drug-likeness (QED) is 0.327. The van der Waals surface area contributed by atoms with Crippen LogP contribution in [0.2, 0.25) is 5.02 Å². The van der Waals surface area contributed by atoms with Crippen molar-refractivity contribution < 1.29 is 14.5 Å². The molecule has 1 heterocycles. The van der Waals surface area contributed by atoms with Gasteiger partial charge in [-0.1, -0.05) is 23.7 Å². The standard InChI is InChI=1S/C24H18ClN3O4/c1-14-10-15(2)12-18(11-14)26-22-21(16-6-8-19(9-7-16)28(31)32)23(29)27(24(22)30)20-5-3-4-17(25)13-20/h3-13,26H,1-2H3. The average Bonchev–Trinajstić information content (AvgIpc) is 2.97. The Morgan fingerprint density at radius 3 is 2.16 bits per heavy atom. The molecule has 0 saturated carbocycles. The van der Waals surface area contributed by atoms with E-state index in [1.54, 1.807) is 18.2 Å². The number of hydrogen-bond acceptors (Lipinski definition) is 5. The van der Waals surface area contributed by atoms with E-state index in [0.717, 1.165) is 16.0 Å². The second kappa shape index (κ2) is 8.28. The number of nitrogens with zero attached hydrogens (tertiary/aromatic N) is 2. The lowest BCUT2D eigenvalue weighted by molar-refractivity contribution is -0.384. The number of nitro groups is 1. The maximum atomic E-state index is 13.4. The molecule has 0 aliphatic carbocycles. The number of carbonyl (C=O) groups excluding carboxylic acids is 2. The summed E-state index contributed by atoms with van der Waals surface area (Å²) in [6, 6.07) is 17.7. The van der Waals surface area contributed by atoms with E-state index in [2.05, 4.69) is 5.32 Å². The molecule has 4 rings (SSSR count). The molecule has 32 heavy (non-hydrogen) atoms. The Bertz CT molecular complexity index is 1280. The highest BCUT2D eigenvalue weighted by Gasteiger charge is 2.40.